The molecular formula is C5H5BrN6OS. The minimum absolute atomic E-state index is 0.319. The van der Waals surface area contributed by atoms with Crippen LogP contribution in [0, 0.1) is 0 Å². The number of aromatic amines is 2. The number of aromatic nitrogens is 5. The maximum absolute atomic E-state index is 10.7. The van der Waals surface area contributed by atoms with Crippen LogP contribution in [0.2, 0.25) is 0 Å². The summed E-state index contributed by atoms with van der Waals surface area (Å²) in [6.45, 7) is 0.403. The number of nitrogens with one attached hydrogen (secondary N) is 3. The zero-order valence-electron chi connectivity index (χ0n) is 6.74. The molecule has 0 aromatic carbocycles. The Morgan fingerprint density at radius 2 is 2.36 bits per heavy atom. The van der Waals surface area contributed by atoms with Crippen LogP contribution >= 0.6 is 27.3 Å². The van der Waals surface area contributed by atoms with E-state index in [0.717, 1.165) is 0 Å². The quantitative estimate of drug-likeness (QED) is 0.750. The fourth-order valence-electron chi connectivity index (χ4n) is 0.825. The van der Waals surface area contributed by atoms with E-state index < -0.39 is 0 Å². The predicted molar refractivity (Wildman–Crippen MR) is 54.1 cm³/mol. The first-order chi connectivity index (χ1) is 6.74. The van der Waals surface area contributed by atoms with Gasteiger partial charge >= 0.3 is 5.69 Å². The van der Waals surface area contributed by atoms with Crippen LogP contribution < -0.4 is 11.0 Å². The maximum atomic E-state index is 10.7. The molecule has 14 heavy (non-hydrogen) atoms. The zero-order valence-corrected chi connectivity index (χ0v) is 9.15. The third-order valence-electron chi connectivity index (χ3n) is 1.36. The highest BCUT2D eigenvalue weighted by Crippen LogP contribution is 2.19. The molecular weight excluding hydrogens is 272 g/mol. The van der Waals surface area contributed by atoms with Crippen LogP contribution in [0.3, 0.4) is 0 Å². The number of hydrogen-bond donors (Lipinski definition) is 3. The van der Waals surface area contributed by atoms with Crippen molar-refractivity contribution in [1.29, 1.82) is 0 Å². The van der Waals surface area contributed by atoms with Gasteiger partial charge in [-0.1, -0.05) is 11.3 Å². The molecule has 0 aliphatic carbocycles. The minimum Gasteiger partial charge on any atom is -0.353 e. The van der Waals surface area contributed by atoms with Crippen LogP contribution in [0.4, 0.5) is 5.13 Å². The Morgan fingerprint density at radius 1 is 1.50 bits per heavy atom. The van der Waals surface area contributed by atoms with Gasteiger partial charge in [-0.15, -0.1) is 10.2 Å². The SMILES string of the molecule is O=c1[nH]nc(CNc2nnc(Br)s2)[nH]1. The summed E-state index contributed by atoms with van der Waals surface area (Å²) in [6.07, 6.45) is 0. The first kappa shape index (κ1) is 9.34. The Balaban J connectivity index is 1.98. The van der Waals surface area contributed by atoms with E-state index in [-0.39, 0.29) is 5.69 Å². The highest BCUT2D eigenvalue weighted by Gasteiger charge is 2.02. The van der Waals surface area contributed by atoms with Crippen molar-refractivity contribution < 1.29 is 0 Å². The molecule has 2 aromatic rings. The molecule has 2 rings (SSSR count). The van der Waals surface area contributed by atoms with Crippen LogP contribution in [0.15, 0.2) is 8.71 Å². The molecule has 0 radical (unpaired) electrons. The molecule has 0 saturated heterocycles. The predicted octanol–water partition coefficient (Wildman–Crippen LogP) is 0.324. The van der Waals surface area contributed by atoms with Crippen molar-refractivity contribution in [3.63, 3.8) is 0 Å². The third-order valence-corrected chi connectivity index (χ3v) is 2.67. The van der Waals surface area contributed by atoms with Crippen LogP contribution in [-0.4, -0.2) is 25.4 Å². The van der Waals surface area contributed by atoms with Gasteiger partial charge in [0, 0.05) is 0 Å². The van der Waals surface area contributed by atoms with Gasteiger partial charge in [-0.2, -0.15) is 5.10 Å². The lowest BCUT2D eigenvalue weighted by Crippen LogP contribution is -2.04. The van der Waals surface area contributed by atoms with Gasteiger partial charge in [0.1, 0.15) is 5.82 Å². The average molecular weight is 277 g/mol. The number of H-pyrrole nitrogens is 2. The van der Waals surface area contributed by atoms with E-state index >= 15 is 0 Å². The standard InChI is InChI=1S/C5H5BrN6OS/c6-3-10-12-5(14-3)7-1-2-8-4(13)11-9-2/h1H2,(H,7,12)(H2,8,9,11,13). The summed E-state index contributed by atoms with van der Waals surface area (Å²) in [5.41, 5.74) is -0.319. The van der Waals surface area contributed by atoms with Crippen molar-refractivity contribution in [2.24, 2.45) is 0 Å². The molecule has 0 bridgehead atoms. The summed E-state index contributed by atoms with van der Waals surface area (Å²) < 4.78 is 0.704. The van der Waals surface area contributed by atoms with Gasteiger partial charge in [-0.05, 0) is 15.9 Å². The fourth-order valence-corrected chi connectivity index (χ4v) is 1.83. The number of halogens is 1. The van der Waals surface area contributed by atoms with E-state index in [4.69, 9.17) is 0 Å². The van der Waals surface area contributed by atoms with E-state index in [1.54, 1.807) is 0 Å². The lowest BCUT2D eigenvalue weighted by molar-refractivity contribution is 0.942. The van der Waals surface area contributed by atoms with Crippen molar-refractivity contribution in [1.82, 2.24) is 25.4 Å². The molecule has 0 atom stereocenters. The van der Waals surface area contributed by atoms with E-state index in [1.807, 2.05) is 0 Å². The summed E-state index contributed by atoms with van der Waals surface area (Å²) >= 11 is 4.55. The van der Waals surface area contributed by atoms with Gasteiger partial charge in [0.25, 0.3) is 0 Å². The number of hydrogen-bond acceptors (Lipinski definition) is 6. The normalized spacial score (nSPS) is 10.4. The van der Waals surface area contributed by atoms with Crippen molar-refractivity contribution >= 4 is 32.4 Å². The molecule has 7 nitrogen and oxygen atoms in total. The second-order valence-electron chi connectivity index (χ2n) is 2.34. The minimum atomic E-state index is -0.319. The maximum Gasteiger partial charge on any atom is 0.340 e. The van der Waals surface area contributed by atoms with Crippen LogP contribution in [0.5, 0.6) is 0 Å². The second-order valence-corrected chi connectivity index (χ2v) is 4.59. The van der Waals surface area contributed by atoms with Crippen LogP contribution in [0.1, 0.15) is 5.82 Å². The van der Waals surface area contributed by atoms with Gasteiger partial charge in [0.2, 0.25) is 5.13 Å². The van der Waals surface area contributed by atoms with E-state index in [0.29, 0.717) is 21.4 Å². The summed E-state index contributed by atoms with van der Waals surface area (Å²) in [5.74, 6) is 0.529. The van der Waals surface area contributed by atoms with E-state index in [2.05, 4.69) is 46.6 Å². The second kappa shape index (κ2) is 3.88. The van der Waals surface area contributed by atoms with E-state index in [9.17, 15) is 4.79 Å². The molecule has 0 fully saturated rings. The summed E-state index contributed by atoms with van der Waals surface area (Å²) in [6, 6.07) is 0. The molecule has 0 spiro atoms. The number of nitrogens with zero attached hydrogens (tertiary/aromatic N) is 3. The van der Waals surface area contributed by atoms with Gasteiger partial charge in [-0.25, -0.2) is 9.89 Å². The first-order valence-electron chi connectivity index (χ1n) is 3.60. The summed E-state index contributed by atoms with van der Waals surface area (Å²) in [5, 5.41) is 17.2. The van der Waals surface area contributed by atoms with Crippen molar-refractivity contribution in [3.05, 3.63) is 20.2 Å². The highest BCUT2D eigenvalue weighted by atomic mass is 79.9. The molecule has 2 heterocycles. The smallest absolute Gasteiger partial charge is 0.340 e. The Bertz CT molecular complexity index is 474. The molecule has 74 valence electrons. The topological polar surface area (TPSA) is 99.3 Å². The molecule has 2 aromatic heterocycles. The molecule has 0 aliphatic rings. The van der Waals surface area contributed by atoms with Crippen molar-refractivity contribution in [3.8, 4) is 0 Å². The number of rotatable bonds is 3. The Kier molecular flexibility index (Phi) is 2.59. The monoisotopic (exact) mass is 276 g/mol. The average Bonchev–Trinajstić information content (AvgIpc) is 2.72. The zero-order chi connectivity index (χ0) is 9.97. The summed E-state index contributed by atoms with van der Waals surface area (Å²) in [7, 11) is 0. The van der Waals surface area contributed by atoms with Gasteiger partial charge in [-0.3, -0.25) is 4.98 Å². The van der Waals surface area contributed by atoms with Crippen LogP contribution in [0.25, 0.3) is 0 Å². The lowest BCUT2D eigenvalue weighted by Gasteiger charge is -1.95. The Hall–Kier alpha value is -1.22. The van der Waals surface area contributed by atoms with E-state index in [1.165, 1.54) is 11.3 Å². The van der Waals surface area contributed by atoms with Crippen LogP contribution in [-0.2, 0) is 6.54 Å². The fraction of sp³-hybridized carbons (Fsp3) is 0.200. The molecule has 0 saturated carbocycles. The first-order valence-corrected chi connectivity index (χ1v) is 5.21. The van der Waals surface area contributed by atoms with Crippen molar-refractivity contribution in [2.75, 3.05) is 5.32 Å². The van der Waals surface area contributed by atoms with Gasteiger partial charge in [0.15, 0.2) is 3.92 Å². The molecule has 0 unspecified atom stereocenters. The highest BCUT2D eigenvalue weighted by molar-refractivity contribution is 9.11. The summed E-state index contributed by atoms with van der Waals surface area (Å²) in [4.78, 5) is 13.2. The Labute approximate surface area is 90.1 Å². The van der Waals surface area contributed by atoms with Crippen molar-refractivity contribution in [2.45, 2.75) is 6.54 Å². The molecule has 0 aliphatic heterocycles. The molecule has 9 heteroatoms. The largest absolute Gasteiger partial charge is 0.353 e. The Morgan fingerprint density at radius 3 is 2.93 bits per heavy atom. The molecule has 0 amide bonds. The molecule has 3 N–H and O–H groups in total. The van der Waals surface area contributed by atoms with Gasteiger partial charge < -0.3 is 5.32 Å². The number of anilines is 1. The van der Waals surface area contributed by atoms with Gasteiger partial charge in [0.05, 0.1) is 6.54 Å². The third kappa shape index (κ3) is 2.17. The lowest BCUT2D eigenvalue weighted by atomic mass is 10.6.